The number of carbonyl (C=O) groups is 3. The highest BCUT2D eigenvalue weighted by Gasteiger charge is 2.45. The van der Waals surface area contributed by atoms with E-state index in [2.05, 4.69) is 37.7 Å². The number of hydrogen-bond acceptors (Lipinski definition) is 14. The maximum absolute atomic E-state index is 17.2. The molecule has 10 rings (SSSR count). The van der Waals surface area contributed by atoms with Crippen LogP contribution in [0.5, 0.6) is 11.8 Å². The second kappa shape index (κ2) is 24.2. The van der Waals surface area contributed by atoms with Gasteiger partial charge in [0.15, 0.2) is 5.82 Å². The number of amides is 3. The lowest BCUT2D eigenvalue weighted by atomic mass is 9.85. The molecule has 7 heterocycles. The second-order valence-corrected chi connectivity index (χ2v) is 24.3. The fourth-order valence-corrected chi connectivity index (χ4v) is 13.2. The van der Waals surface area contributed by atoms with Crippen molar-refractivity contribution in [2.75, 3.05) is 44.2 Å². The number of halogens is 1. The molecule has 420 valence electrons. The van der Waals surface area contributed by atoms with E-state index in [-0.39, 0.29) is 72.2 Å². The summed E-state index contributed by atoms with van der Waals surface area (Å²) in [4.78, 5) is 67.5. The fraction of sp³-hybridized carbons (Fsp3) is 0.525. The molecule has 0 saturated carbocycles. The summed E-state index contributed by atoms with van der Waals surface area (Å²) in [6.45, 7) is 15.4. The Labute approximate surface area is 467 Å². The number of aryl methyl sites for hydroxylation is 2. The average Bonchev–Trinajstić information content (AvgIpc) is 4.39. The molecule has 0 spiro atoms. The van der Waals surface area contributed by atoms with Crippen molar-refractivity contribution in [2.45, 2.75) is 161 Å². The number of aliphatic hydroxyl groups excluding tert-OH is 1. The smallest absolute Gasteiger partial charge is 0.319 e. The van der Waals surface area contributed by atoms with Crippen molar-refractivity contribution in [1.82, 2.24) is 45.7 Å². The minimum Gasteiger partial charge on any atom is -0.508 e. The Morgan fingerprint density at radius 3 is 2.44 bits per heavy atom. The van der Waals surface area contributed by atoms with Crippen LogP contribution in [-0.2, 0) is 20.8 Å². The molecule has 18 heteroatoms. The number of nitrogens with one attached hydrogen (secondary N) is 3. The van der Waals surface area contributed by atoms with Crippen molar-refractivity contribution >= 4 is 56.6 Å². The fourth-order valence-electron chi connectivity index (χ4n) is 12.4. The molecule has 3 aromatic carbocycles. The molecule has 4 aliphatic rings. The molecular formula is C61H77FN10O6S. The summed E-state index contributed by atoms with van der Waals surface area (Å²) in [7, 11) is 0. The van der Waals surface area contributed by atoms with Gasteiger partial charge in [0.05, 0.1) is 33.6 Å². The maximum Gasteiger partial charge on any atom is 0.319 e. The molecule has 0 aliphatic carbocycles. The van der Waals surface area contributed by atoms with Gasteiger partial charge in [-0.25, -0.2) is 9.37 Å². The van der Waals surface area contributed by atoms with E-state index in [0.717, 1.165) is 122 Å². The molecule has 2 bridgehead atoms. The van der Waals surface area contributed by atoms with E-state index < -0.39 is 29.4 Å². The van der Waals surface area contributed by atoms with Crippen molar-refractivity contribution in [3.63, 3.8) is 0 Å². The molecule has 3 aromatic heterocycles. The quantitative estimate of drug-likeness (QED) is 0.0454. The predicted molar refractivity (Wildman–Crippen MR) is 308 cm³/mol. The lowest BCUT2D eigenvalue weighted by Gasteiger charge is -2.35. The molecule has 7 unspecified atom stereocenters. The average molecular weight is 1100 g/mol. The number of pyridine rings is 1. The van der Waals surface area contributed by atoms with E-state index in [9.17, 15) is 24.6 Å². The molecule has 4 fully saturated rings. The van der Waals surface area contributed by atoms with Gasteiger partial charge >= 0.3 is 6.01 Å². The van der Waals surface area contributed by atoms with Crippen LogP contribution in [0, 0.1) is 18.2 Å². The van der Waals surface area contributed by atoms with Crippen LogP contribution in [0.2, 0.25) is 0 Å². The number of hydrogen-bond donors (Lipinski definition) is 5. The number of nitrogens with zero attached hydrogens (tertiary/aromatic N) is 7. The highest BCUT2D eigenvalue weighted by Crippen LogP contribution is 2.40. The summed E-state index contributed by atoms with van der Waals surface area (Å²) in [5.74, 6) is -0.835. The number of aromatic hydroxyl groups is 1. The van der Waals surface area contributed by atoms with Gasteiger partial charge in [-0.3, -0.25) is 24.3 Å². The number of β-amino-alcohol motifs (C(OH)–C–C–N with tert-alkyl or cyclic N) is 1. The Morgan fingerprint density at radius 1 is 0.949 bits per heavy atom. The summed E-state index contributed by atoms with van der Waals surface area (Å²) in [5, 5.41) is 33.5. The van der Waals surface area contributed by atoms with Gasteiger partial charge in [0, 0.05) is 62.4 Å². The van der Waals surface area contributed by atoms with Crippen LogP contribution < -0.4 is 25.6 Å². The van der Waals surface area contributed by atoms with Gasteiger partial charge in [0.25, 0.3) is 0 Å². The van der Waals surface area contributed by atoms with Crippen LogP contribution in [0.3, 0.4) is 0 Å². The van der Waals surface area contributed by atoms with Gasteiger partial charge in [-0.05, 0) is 117 Å². The lowest BCUT2D eigenvalue weighted by Crippen LogP contribution is -2.57. The molecule has 5 N–H and O–H groups in total. The third-order valence-corrected chi connectivity index (χ3v) is 17.6. The van der Waals surface area contributed by atoms with E-state index in [1.807, 2.05) is 82.6 Å². The molecule has 4 aliphatic heterocycles. The number of carbonyl (C=O) groups excluding carboxylic acids is 3. The lowest BCUT2D eigenvalue weighted by molar-refractivity contribution is -0.144. The zero-order chi connectivity index (χ0) is 55.5. The maximum atomic E-state index is 17.2. The monoisotopic (exact) mass is 1100 g/mol. The van der Waals surface area contributed by atoms with E-state index >= 15 is 4.39 Å². The zero-order valence-electron chi connectivity index (χ0n) is 46.6. The summed E-state index contributed by atoms with van der Waals surface area (Å²) in [6, 6.07) is 16.0. The number of anilines is 1. The summed E-state index contributed by atoms with van der Waals surface area (Å²) < 4.78 is 23.6. The Bertz CT molecular complexity index is 3160. The molecule has 4 saturated heterocycles. The minimum atomic E-state index is -0.882. The van der Waals surface area contributed by atoms with E-state index in [1.54, 1.807) is 29.7 Å². The first kappa shape index (κ1) is 56.0. The van der Waals surface area contributed by atoms with Gasteiger partial charge in [-0.15, -0.1) is 11.3 Å². The SMILES string of the molecule is CCc1cccc2cc(O)cc(-c3ncc4c(N5CC6CCC(C5)N6)nc(OCC5CCCN5CCCCCCCC(=O)NC(C(=O)N5CC(O)CC5C(=O)NC(C)c5ccc(-c6scnc6C)cc5)C(C)(C)C)nc4c3F)c12. The Balaban J connectivity index is 0.711. The number of rotatable bonds is 20. The van der Waals surface area contributed by atoms with Crippen LogP contribution in [-0.4, -0.2) is 133 Å². The number of thiazole rings is 1. The highest BCUT2D eigenvalue weighted by molar-refractivity contribution is 7.13. The Hall–Kier alpha value is -6.34. The topological polar surface area (TPSA) is 198 Å². The first-order valence-corrected chi connectivity index (χ1v) is 29.5. The van der Waals surface area contributed by atoms with Crippen molar-refractivity contribution in [3.8, 4) is 33.5 Å². The first-order valence-electron chi connectivity index (χ1n) is 28.6. The van der Waals surface area contributed by atoms with Crippen LogP contribution in [0.15, 0.2) is 66.3 Å². The van der Waals surface area contributed by atoms with Crippen molar-refractivity contribution in [3.05, 3.63) is 88.9 Å². The zero-order valence-corrected chi connectivity index (χ0v) is 47.4. The van der Waals surface area contributed by atoms with Crippen LogP contribution >= 0.6 is 11.3 Å². The number of phenols is 1. The molecule has 6 aromatic rings. The third-order valence-electron chi connectivity index (χ3n) is 16.7. The van der Waals surface area contributed by atoms with Crippen molar-refractivity contribution in [1.29, 1.82) is 0 Å². The van der Waals surface area contributed by atoms with Gasteiger partial charge < -0.3 is 40.7 Å². The highest BCUT2D eigenvalue weighted by atomic mass is 32.1. The second-order valence-electron chi connectivity index (χ2n) is 23.5. The van der Waals surface area contributed by atoms with Gasteiger partial charge in [0.1, 0.15) is 41.5 Å². The predicted octanol–water partition coefficient (Wildman–Crippen LogP) is 9.18. The van der Waals surface area contributed by atoms with Crippen molar-refractivity contribution < 1.29 is 33.7 Å². The van der Waals surface area contributed by atoms with Crippen LogP contribution in [0.4, 0.5) is 10.2 Å². The van der Waals surface area contributed by atoms with Gasteiger partial charge in [-0.1, -0.05) is 89.4 Å². The normalized spacial score (nSPS) is 21.2. The molecular weight excluding hydrogens is 1020 g/mol. The number of benzene rings is 3. The molecule has 3 amide bonds. The number of unbranched alkanes of at least 4 members (excludes halogenated alkanes) is 4. The number of aliphatic hydroxyl groups is 1. The largest absolute Gasteiger partial charge is 0.508 e. The molecule has 79 heavy (non-hydrogen) atoms. The van der Waals surface area contributed by atoms with Crippen molar-refractivity contribution in [2.24, 2.45) is 5.41 Å². The first-order chi connectivity index (χ1) is 38.0. The van der Waals surface area contributed by atoms with E-state index in [0.29, 0.717) is 41.9 Å². The number of likely N-dealkylation sites (tertiary alicyclic amines) is 2. The number of ether oxygens (including phenoxy) is 1. The Kier molecular flexibility index (Phi) is 17.1. The van der Waals surface area contributed by atoms with Crippen LogP contribution in [0.25, 0.3) is 43.4 Å². The Morgan fingerprint density at radius 2 is 1.71 bits per heavy atom. The number of aromatic nitrogens is 4. The molecule has 7 atom stereocenters. The third kappa shape index (κ3) is 12.5. The number of fused-ring (bicyclic) bond motifs is 4. The molecule has 16 nitrogen and oxygen atoms in total. The molecule has 0 radical (unpaired) electrons. The summed E-state index contributed by atoms with van der Waals surface area (Å²) >= 11 is 1.58. The number of phenolic OH excluding ortho intramolecular Hbond substituents is 1. The van der Waals surface area contributed by atoms with E-state index in [1.165, 1.54) is 4.90 Å². The van der Waals surface area contributed by atoms with Crippen LogP contribution in [0.1, 0.15) is 128 Å². The van der Waals surface area contributed by atoms with Gasteiger partial charge in [0.2, 0.25) is 17.7 Å². The number of piperazine rings is 1. The summed E-state index contributed by atoms with van der Waals surface area (Å²) in [5.41, 5.74) is 5.95. The van der Waals surface area contributed by atoms with E-state index in [4.69, 9.17) is 19.7 Å². The minimum absolute atomic E-state index is 0.0146. The van der Waals surface area contributed by atoms with Gasteiger partial charge in [-0.2, -0.15) is 9.97 Å². The standard InChI is InChI=1S/C61H77FN10O6S/c1-7-38-15-13-16-41-27-45(73)28-47(51(38)41)53-52(62)54-48(30-63-53)57(71-31-42-23-24-43(32-71)66-42)69-60(68-54)78-34-44-17-14-26-70(44)25-12-10-8-9-11-18-50(75)67-56(61(4,5)6)59(77)72-33-46(74)29-49(72)58(76)65-36(2)39-19-21-40(22-20-39)55-37(3)64-35-79-55/h13,15-16,19-22,27-28,30,35-36,42-44,46,49,56,66,73-74H,7-12,14,17-18,23-26,29,31-34H2,1-6H3,(H,65,76)(H,67,75). The summed E-state index contributed by atoms with van der Waals surface area (Å²) in [6.07, 6.45) is 10.6.